The summed E-state index contributed by atoms with van der Waals surface area (Å²) < 4.78 is 27.2. The van der Waals surface area contributed by atoms with Crippen LogP contribution in [0.25, 0.3) is 0 Å². The lowest BCUT2D eigenvalue weighted by atomic mass is 9.97. The fraction of sp³-hybridized carbons (Fsp3) is 0.364. The molecule has 154 valence electrons. The van der Waals surface area contributed by atoms with Crippen molar-refractivity contribution >= 4 is 11.9 Å². The van der Waals surface area contributed by atoms with Gasteiger partial charge in [-0.1, -0.05) is 0 Å². The zero-order chi connectivity index (χ0) is 21.2. The maximum Gasteiger partial charge on any atom is 0.349 e. The van der Waals surface area contributed by atoms with Gasteiger partial charge < -0.3 is 23.7 Å². The first-order valence-corrected chi connectivity index (χ1v) is 9.20. The van der Waals surface area contributed by atoms with Crippen molar-refractivity contribution in [2.45, 2.75) is 40.4 Å². The van der Waals surface area contributed by atoms with Gasteiger partial charge in [0.2, 0.25) is 5.79 Å². The van der Waals surface area contributed by atoms with Crippen LogP contribution in [0.5, 0.6) is 28.7 Å². The Morgan fingerprint density at radius 3 is 2.10 bits per heavy atom. The Kier molecular flexibility index (Phi) is 5.42. The van der Waals surface area contributed by atoms with Crippen molar-refractivity contribution in [2.24, 2.45) is 5.41 Å². The second kappa shape index (κ2) is 7.66. The molecule has 1 aliphatic heterocycles. The van der Waals surface area contributed by atoms with Crippen molar-refractivity contribution in [1.29, 1.82) is 0 Å². The minimum atomic E-state index is -0.749. The summed E-state index contributed by atoms with van der Waals surface area (Å²) >= 11 is 0. The molecule has 0 amide bonds. The number of ether oxygens (including phenoxy) is 5. The minimum Gasteiger partial charge on any atom is -0.482 e. The second-order valence-electron chi connectivity index (χ2n) is 8.09. The molecule has 1 aliphatic rings. The van der Waals surface area contributed by atoms with Crippen molar-refractivity contribution in [3.05, 3.63) is 42.5 Å². The molecular weight excluding hydrogens is 376 g/mol. The normalized spacial score (nSPS) is 14.2. The van der Waals surface area contributed by atoms with Crippen LogP contribution in [0.1, 0.15) is 34.6 Å². The first kappa shape index (κ1) is 20.5. The van der Waals surface area contributed by atoms with Crippen molar-refractivity contribution in [3.63, 3.8) is 0 Å². The van der Waals surface area contributed by atoms with Crippen LogP contribution >= 0.6 is 0 Å². The smallest absolute Gasteiger partial charge is 0.349 e. The van der Waals surface area contributed by atoms with Crippen LogP contribution in [-0.2, 0) is 9.59 Å². The molecule has 1 heterocycles. The van der Waals surface area contributed by atoms with Crippen LogP contribution < -0.4 is 23.7 Å². The molecule has 0 saturated carbocycles. The highest BCUT2D eigenvalue weighted by Gasteiger charge is 2.32. The van der Waals surface area contributed by atoms with Gasteiger partial charge in [0.1, 0.15) is 17.2 Å². The Morgan fingerprint density at radius 1 is 0.862 bits per heavy atom. The maximum absolute atomic E-state index is 12.0. The van der Waals surface area contributed by atoms with E-state index in [9.17, 15) is 9.59 Å². The van der Waals surface area contributed by atoms with Crippen molar-refractivity contribution in [2.75, 3.05) is 6.61 Å². The van der Waals surface area contributed by atoms with Gasteiger partial charge in [-0.2, -0.15) is 0 Å². The van der Waals surface area contributed by atoms with Crippen LogP contribution in [0.3, 0.4) is 0 Å². The molecule has 29 heavy (non-hydrogen) atoms. The molecule has 2 aromatic rings. The lowest BCUT2D eigenvalue weighted by molar-refractivity contribution is -0.143. The third-order valence-corrected chi connectivity index (χ3v) is 3.86. The van der Waals surface area contributed by atoms with Gasteiger partial charge in [0.25, 0.3) is 0 Å². The van der Waals surface area contributed by atoms with E-state index in [1.807, 2.05) is 0 Å². The van der Waals surface area contributed by atoms with Crippen molar-refractivity contribution in [3.8, 4) is 28.7 Å². The average Bonchev–Trinajstić information content (AvgIpc) is 2.93. The largest absolute Gasteiger partial charge is 0.482 e. The zero-order valence-electron chi connectivity index (χ0n) is 17.1. The number of fused-ring (bicyclic) bond motifs is 1. The summed E-state index contributed by atoms with van der Waals surface area (Å²) in [5.41, 5.74) is -0.594. The summed E-state index contributed by atoms with van der Waals surface area (Å²) in [5.74, 6) is 0.658. The van der Waals surface area contributed by atoms with Crippen LogP contribution in [0, 0.1) is 5.41 Å². The number of carbonyl (C=O) groups is 2. The SMILES string of the molecule is CC1(C)Oc2ccc(OC(=O)COc3ccc(OC(=O)C(C)(C)C)cc3)cc2O1. The molecule has 3 rings (SSSR count). The van der Waals surface area contributed by atoms with Gasteiger partial charge in [-0.3, -0.25) is 4.79 Å². The van der Waals surface area contributed by atoms with Gasteiger partial charge in [0.05, 0.1) is 5.41 Å². The lowest BCUT2D eigenvalue weighted by Crippen LogP contribution is -2.29. The molecule has 0 fully saturated rings. The predicted octanol–water partition coefficient (Wildman–Crippen LogP) is 4.13. The van der Waals surface area contributed by atoms with Crippen molar-refractivity contribution in [1.82, 2.24) is 0 Å². The maximum atomic E-state index is 12.0. The van der Waals surface area contributed by atoms with Gasteiger partial charge >= 0.3 is 11.9 Å². The summed E-state index contributed by atoms with van der Waals surface area (Å²) in [6.45, 7) is 8.64. The Bertz CT molecular complexity index is 908. The number of esters is 2. The molecule has 0 spiro atoms. The Morgan fingerprint density at radius 2 is 1.45 bits per heavy atom. The van der Waals surface area contributed by atoms with E-state index < -0.39 is 17.2 Å². The van der Waals surface area contributed by atoms with E-state index >= 15 is 0 Å². The molecule has 0 N–H and O–H groups in total. The Balaban J connectivity index is 1.51. The topological polar surface area (TPSA) is 80.3 Å². The third kappa shape index (κ3) is 5.40. The first-order valence-electron chi connectivity index (χ1n) is 9.20. The summed E-state index contributed by atoms with van der Waals surface area (Å²) in [6.07, 6.45) is 0. The molecule has 0 atom stereocenters. The second-order valence-corrected chi connectivity index (χ2v) is 8.09. The van der Waals surface area contributed by atoms with Crippen LogP contribution in [0.4, 0.5) is 0 Å². The molecule has 7 heteroatoms. The average molecular weight is 400 g/mol. The molecule has 2 aromatic carbocycles. The minimum absolute atomic E-state index is 0.277. The van der Waals surface area contributed by atoms with E-state index in [1.165, 1.54) is 0 Å². The molecule has 0 bridgehead atoms. The molecule has 7 nitrogen and oxygen atoms in total. The van der Waals surface area contributed by atoms with E-state index in [0.717, 1.165) is 0 Å². The number of carbonyl (C=O) groups excluding carboxylic acids is 2. The van der Waals surface area contributed by atoms with Crippen LogP contribution in [0.15, 0.2) is 42.5 Å². The monoisotopic (exact) mass is 400 g/mol. The molecule has 0 radical (unpaired) electrons. The Hall–Kier alpha value is -3.22. The van der Waals surface area contributed by atoms with Gasteiger partial charge in [0.15, 0.2) is 18.1 Å². The molecule has 0 saturated heterocycles. The standard InChI is InChI=1S/C22H24O7/c1-21(2,3)20(24)27-15-8-6-14(7-9-15)25-13-19(23)26-16-10-11-17-18(12-16)29-22(4,5)28-17/h6-12H,13H2,1-5H3. The molecular formula is C22H24O7. The fourth-order valence-electron chi connectivity index (χ4n) is 2.43. The summed E-state index contributed by atoms with van der Waals surface area (Å²) in [6, 6.07) is 11.3. The molecule has 0 aromatic heterocycles. The Labute approximate surface area is 169 Å². The third-order valence-electron chi connectivity index (χ3n) is 3.86. The number of rotatable bonds is 5. The molecule has 0 unspecified atom stereocenters. The fourth-order valence-corrected chi connectivity index (χ4v) is 2.43. The highest BCUT2D eigenvalue weighted by Crippen LogP contribution is 2.41. The van der Waals surface area contributed by atoms with Crippen molar-refractivity contribution < 1.29 is 33.3 Å². The zero-order valence-corrected chi connectivity index (χ0v) is 17.1. The number of hydrogen-bond donors (Lipinski definition) is 0. The van der Waals surface area contributed by atoms with E-state index in [4.69, 9.17) is 23.7 Å². The number of hydrogen-bond acceptors (Lipinski definition) is 7. The number of benzene rings is 2. The van der Waals surface area contributed by atoms with Gasteiger partial charge in [-0.05, 0) is 57.2 Å². The van der Waals surface area contributed by atoms with Gasteiger partial charge in [0, 0.05) is 19.9 Å². The van der Waals surface area contributed by atoms with Crippen LogP contribution in [0.2, 0.25) is 0 Å². The first-order chi connectivity index (χ1) is 13.5. The van der Waals surface area contributed by atoms with E-state index in [2.05, 4.69) is 0 Å². The van der Waals surface area contributed by atoms with E-state index in [-0.39, 0.29) is 12.6 Å². The summed E-state index contributed by atoms with van der Waals surface area (Å²) in [4.78, 5) is 23.9. The predicted molar refractivity (Wildman–Crippen MR) is 104 cm³/mol. The van der Waals surface area contributed by atoms with E-state index in [1.54, 1.807) is 77.1 Å². The summed E-state index contributed by atoms with van der Waals surface area (Å²) in [5, 5.41) is 0. The highest BCUT2D eigenvalue weighted by atomic mass is 16.7. The van der Waals surface area contributed by atoms with Crippen LogP contribution in [-0.4, -0.2) is 24.3 Å². The summed E-state index contributed by atoms with van der Waals surface area (Å²) in [7, 11) is 0. The van der Waals surface area contributed by atoms with Gasteiger partial charge in [-0.25, -0.2) is 4.79 Å². The van der Waals surface area contributed by atoms with Gasteiger partial charge in [-0.15, -0.1) is 0 Å². The molecule has 0 aliphatic carbocycles. The lowest BCUT2D eigenvalue weighted by Gasteiger charge is -2.16. The van der Waals surface area contributed by atoms with E-state index in [0.29, 0.717) is 28.7 Å². The highest BCUT2D eigenvalue weighted by molar-refractivity contribution is 5.78. The quantitative estimate of drug-likeness (QED) is 0.551.